The molecule has 0 radical (unpaired) electrons. The van der Waals surface area contributed by atoms with Crippen LogP contribution in [0.1, 0.15) is 22.5 Å². The van der Waals surface area contributed by atoms with Gasteiger partial charge in [0.15, 0.2) is 0 Å². The molecule has 0 spiro atoms. The molecule has 28 heavy (non-hydrogen) atoms. The molecule has 1 aliphatic rings. The second-order valence-corrected chi connectivity index (χ2v) is 7.04. The van der Waals surface area contributed by atoms with Gasteiger partial charge in [0.05, 0.1) is 11.9 Å². The highest BCUT2D eigenvalue weighted by molar-refractivity contribution is 5.98. The van der Waals surface area contributed by atoms with E-state index in [9.17, 15) is 9.18 Å². The SMILES string of the molecule is O=C(c1cc2ccc(-c3cn[nH]c3)nc2[nH]1)N1CC[C@@H]1Cc1ccccc1F. The first-order valence-electron chi connectivity index (χ1n) is 9.22. The first kappa shape index (κ1) is 16.7. The van der Waals surface area contributed by atoms with Crippen LogP contribution in [0.4, 0.5) is 4.39 Å². The minimum absolute atomic E-state index is 0.0188. The number of H-pyrrole nitrogens is 2. The molecule has 0 aliphatic carbocycles. The number of hydrogen-bond donors (Lipinski definition) is 2. The van der Waals surface area contributed by atoms with Gasteiger partial charge in [-0.25, -0.2) is 9.37 Å². The van der Waals surface area contributed by atoms with Gasteiger partial charge >= 0.3 is 0 Å². The van der Waals surface area contributed by atoms with E-state index in [-0.39, 0.29) is 17.8 Å². The fraction of sp³-hybridized carbons (Fsp3) is 0.190. The standard InChI is InChI=1S/C21H18FN5O/c22-17-4-2-1-3-13(17)9-16-7-8-27(16)21(28)19-10-14-5-6-18(25-20(14)26-19)15-11-23-24-12-15/h1-6,10-12,16H,7-9H2,(H,23,24)(H,25,26)/t16-/m1/s1. The number of pyridine rings is 1. The topological polar surface area (TPSA) is 77.7 Å². The van der Waals surface area contributed by atoms with Crippen molar-refractivity contribution in [2.24, 2.45) is 0 Å². The Bertz CT molecular complexity index is 1150. The molecule has 1 aliphatic heterocycles. The van der Waals surface area contributed by atoms with Crippen molar-refractivity contribution in [3.05, 3.63) is 71.9 Å². The van der Waals surface area contributed by atoms with Crippen LogP contribution in [0.15, 0.2) is 54.9 Å². The van der Waals surface area contributed by atoms with Crippen molar-refractivity contribution in [3.8, 4) is 11.3 Å². The average molecular weight is 375 g/mol. The lowest BCUT2D eigenvalue weighted by Crippen LogP contribution is -2.52. The average Bonchev–Trinajstić information content (AvgIpc) is 3.35. The zero-order valence-corrected chi connectivity index (χ0v) is 15.0. The normalized spacial score (nSPS) is 16.3. The van der Waals surface area contributed by atoms with Crippen LogP contribution in [0.2, 0.25) is 0 Å². The molecule has 1 fully saturated rings. The Kier molecular flexibility index (Phi) is 3.93. The van der Waals surface area contributed by atoms with Gasteiger partial charge in [0, 0.05) is 29.7 Å². The van der Waals surface area contributed by atoms with Crippen LogP contribution >= 0.6 is 0 Å². The Morgan fingerprint density at radius 2 is 2.14 bits per heavy atom. The number of carbonyl (C=O) groups is 1. The largest absolute Gasteiger partial charge is 0.335 e. The predicted octanol–water partition coefficient (Wildman–Crippen LogP) is 3.55. The van der Waals surface area contributed by atoms with Crippen LogP contribution in [0.25, 0.3) is 22.3 Å². The predicted molar refractivity (Wildman–Crippen MR) is 103 cm³/mol. The number of aromatic nitrogens is 4. The molecule has 7 heteroatoms. The fourth-order valence-corrected chi connectivity index (χ4v) is 3.67. The Balaban J connectivity index is 1.37. The molecule has 6 nitrogen and oxygen atoms in total. The molecule has 0 saturated carbocycles. The monoisotopic (exact) mass is 375 g/mol. The van der Waals surface area contributed by atoms with Crippen LogP contribution in [0.3, 0.4) is 0 Å². The lowest BCUT2D eigenvalue weighted by atomic mass is 9.94. The molecule has 4 heterocycles. The summed E-state index contributed by atoms with van der Waals surface area (Å²) < 4.78 is 13.9. The second kappa shape index (κ2) is 6.60. The maximum Gasteiger partial charge on any atom is 0.270 e. The van der Waals surface area contributed by atoms with Crippen LogP contribution in [-0.2, 0) is 6.42 Å². The maximum atomic E-state index is 13.9. The summed E-state index contributed by atoms with van der Waals surface area (Å²) >= 11 is 0. The van der Waals surface area contributed by atoms with Gasteiger partial charge in [0.1, 0.15) is 17.2 Å². The van der Waals surface area contributed by atoms with E-state index in [4.69, 9.17) is 0 Å². The third kappa shape index (κ3) is 2.85. The number of rotatable bonds is 4. The van der Waals surface area contributed by atoms with Gasteiger partial charge in [-0.15, -0.1) is 0 Å². The van der Waals surface area contributed by atoms with E-state index in [0.29, 0.717) is 29.9 Å². The van der Waals surface area contributed by atoms with Gasteiger partial charge in [0.25, 0.3) is 5.91 Å². The number of benzene rings is 1. The number of hydrogen-bond acceptors (Lipinski definition) is 3. The molecule has 1 amide bonds. The first-order chi connectivity index (χ1) is 13.7. The highest BCUT2D eigenvalue weighted by Crippen LogP contribution is 2.26. The molecule has 1 saturated heterocycles. The molecular formula is C21H18FN5O. The van der Waals surface area contributed by atoms with E-state index >= 15 is 0 Å². The van der Waals surface area contributed by atoms with Crippen molar-refractivity contribution < 1.29 is 9.18 Å². The molecule has 1 atom stereocenters. The van der Waals surface area contributed by atoms with Gasteiger partial charge in [-0.05, 0) is 42.7 Å². The molecule has 0 bridgehead atoms. The highest BCUT2D eigenvalue weighted by atomic mass is 19.1. The molecule has 4 aromatic rings. The maximum absolute atomic E-state index is 13.9. The first-order valence-corrected chi connectivity index (χ1v) is 9.22. The number of halogens is 1. The van der Waals surface area contributed by atoms with Gasteiger partial charge in [-0.1, -0.05) is 18.2 Å². The van der Waals surface area contributed by atoms with Crippen LogP contribution in [-0.4, -0.2) is 43.6 Å². The van der Waals surface area contributed by atoms with Crippen molar-refractivity contribution in [2.45, 2.75) is 18.9 Å². The van der Waals surface area contributed by atoms with Gasteiger partial charge in [0.2, 0.25) is 0 Å². The summed E-state index contributed by atoms with van der Waals surface area (Å²) in [6, 6.07) is 12.4. The summed E-state index contributed by atoms with van der Waals surface area (Å²) in [5, 5.41) is 7.59. The molecular weight excluding hydrogens is 357 g/mol. The molecule has 5 rings (SSSR count). The third-order valence-corrected chi connectivity index (χ3v) is 5.32. The molecule has 2 N–H and O–H groups in total. The van der Waals surface area contributed by atoms with Crippen molar-refractivity contribution in [3.63, 3.8) is 0 Å². The van der Waals surface area contributed by atoms with Gasteiger partial charge in [-0.2, -0.15) is 5.10 Å². The number of aromatic amines is 2. The Hall–Kier alpha value is -3.48. The summed E-state index contributed by atoms with van der Waals surface area (Å²) in [7, 11) is 0. The van der Waals surface area contributed by atoms with Crippen molar-refractivity contribution in [1.82, 2.24) is 25.1 Å². The second-order valence-electron chi connectivity index (χ2n) is 7.04. The van der Waals surface area contributed by atoms with Crippen molar-refractivity contribution >= 4 is 16.9 Å². The van der Waals surface area contributed by atoms with Crippen molar-refractivity contribution in [1.29, 1.82) is 0 Å². The summed E-state index contributed by atoms with van der Waals surface area (Å²) in [4.78, 5) is 22.5. The Labute approximate surface area is 160 Å². The molecule has 0 unspecified atom stereocenters. The smallest absolute Gasteiger partial charge is 0.270 e. The van der Waals surface area contributed by atoms with E-state index in [2.05, 4.69) is 20.2 Å². The number of nitrogens with one attached hydrogen (secondary N) is 2. The number of amides is 1. The molecule has 3 aromatic heterocycles. The van der Waals surface area contributed by atoms with E-state index in [1.807, 2.05) is 24.3 Å². The van der Waals surface area contributed by atoms with E-state index < -0.39 is 0 Å². The number of fused-ring (bicyclic) bond motifs is 1. The van der Waals surface area contributed by atoms with E-state index in [1.165, 1.54) is 6.07 Å². The number of nitrogens with zero attached hydrogens (tertiary/aromatic N) is 3. The zero-order chi connectivity index (χ0) is 19.1. The molecule has 140 valence electrons. The Morgan fingerprint density at radius 3 is 2.89 bits per heavy atom. The number of likely N-dealkylation sites (tertiary alicyclic amines) is 1. The van der Waals surface area contributed by atoms with Crippen molar-refractivity contribution in [2.75, 3.05) is 6.54 Å². The van der Waals surface area contributed by atoms with Gasteiger partial charge in [-0.3, -0.25) is 9.89 Å². The lowest BCUT2D eigenvalue weighted by molar-refractivity contribution is 0.0457. The van der Waals surface area contributed by atoms with Crippen LogP contribution < -0.4 is 0 Å². The van der Waals surface area contributed by atoms with Gasteiger partial charge < -0.3 is 9.88 Å². The molecule has 1 aromatic carbocycles. The van der Waals surface area contributed by atoms with Crippen LogP contribution in [0.5, 0.6) is 0 Å². The zero-order valence-electron chi connectivity index (χ0n) is 15.0. The number of carbonyl (C=O) groups excluding carboxylic acids is 1. The summed E-state index contributed by atoms with van der Waals surface area (Å²) in [5.41, 5.74) is 3.48. The minimum atomic E-state index is -0.219. The van der Waals surface area contributed by atoms with E-state index in [0.717, 1.165) is 23.1 Å². The summed E-state index contributed by atoms with van der Waals surface area (Å²) in [6.45, 7) is 0.682. The summed E-state index contributed by atoms with van der Waals surface area (Å²) in [6.07, 6.45) is 4.89. The summed E-state index contributed by atoms with van der Waals surface area (Å²) in [5.74, 6) is -0.293. The van der Waals surface area contributed by atoms with E-state index in [1.54, 1.807) is 29.4 Å². The Morgan fingerprint density at radius 1 is 1.25 bits per heavy atom. The third-order valence-electron chi connectivity index (χ3n) is 5.32. The minimum Gasteiger partial charge on any atom is -0.335 e. The van der Waals surface area contributed by atoms with Crippen LogP contribution in [0, 0.1) is 5.82 Å². The quantitative estimate of drug-likeness (QED) is 0.573. The highest BCUT2D eigenvalue weighted by Gasteiger charge is 2.34. The fourth-order valence-electron chi connectivity index (χ4n) is 3.67. The lowest BCUT2D eigenvalue weighted by Gasteiger charge is -2.41.